The van der Waals surface area contributed by atoms with Crippen LogP contribution < -0.4 is 0 Å². The highest BCUT2D eigenvalue weighted by Gasteiger charge is 2.18. The molecule has 0 saturated carbocycles. The molecule has 2 rings (SSSR count). The Hall–Kier alpha value is -2.62. The molecule has 0 spiro atoms. The Balaban J connectivity index is 2.60. The largest absolute Gasteiger partial charge is 0.294 e. The molecule has 0 N–H and O–H groups in total. The van der Waals surface area contributed by atoms with Crippen molar-refractivity contribution in [2.24, 2.45) is 10.2 Å². The number of hydrogen-bond acceptors (Lipinski definition) is 4. The van der Waals surface area contributed by atoms with Crippen molar-refractivity contribution in [2.45, 2.75) is 27.7 Å². The summed E-state index contributed by atoms with van der Waals surface area (Å²) in [5, 5.41) is 8.49. The number of aryl methyl sites for hydroxylation is 2. The lowest BCUT2D eigenvalue weighted by Gasteiger charge is -2.09. The number of nitrogens with zero attached hydrogens (tertiary/aromatic N) is 2. The second-order valence-electron chi connectivity index (χ2n) is 5.25. The Kier molecular flexibility index (Phi) is 4.61. The number of Topliss-reactive ketones (excluding diaryl/α,β-unsaturated/α-hetero) is 2. The lowest BCUT2D eigenvalue weighted by atomic mass is 9.96. The third-order valence-corrected chi connectivity index (χ3v) is 3.48. The number of azo groups is 1. The SMILES string of the molecule is CC(=O)c1ccc(C)c(N=Nc2ccccc2C)c1C(C)=O. The van der Waals surface area contributed by atoms with Crippen LogP contribution in [0.1, 0.15) is 45.7 Å². The van der Waals surface area contributed by atoms with E-state index in [2.05, 4.69) is 10.2 Å². The van der Waals surface area contributed by atoms with E-state index in [1.807, 2.05) is 38.1 Å². The maximum atomic E-state index is 12.0. The molecule has 112 valence electrons. The van der Waals surface area contributed by atoms with E-state index in [9.17, 15) is 9.59 Å². The number of ketones is 2. The predicted molar refractivity (Wildman–Crippen MR) is 86.5 cm³/mol. The van der Waals surface area contributed by atoms with Crippen molar-refractivity contribution in [1.29, 1.82) is 0 Å². The van der Waals surface area contributed by atoms with Gasteiger partial charge in [-0.05, 0) is 44.9 Å². The summed E-state index contributed by atoms with van der Waals surface area (Å²) >= 11 is 0. The molecule has 4 heteroatoms. The molecule has 0 bridgehead atoms. The molecule has 0 aromatic heterocycles. The van der Waals surface area contributed by atoms with Gasteiger partial charge in [-0.2, -0.15) is 5.11 Å². The van der Waals surface area contributed by atoms with Crippen LogP contribution in [0.2, 0.25) is 0 Å². The fraction of sp³-hybridized carbons (Fsp3) is 0.222. The number of hydrogen-bond donors (Lipinski definition) is 0. The summed E-state index contributed by atoms with van der Waals surface area (Å²) in [4.78, 5) is 23.7. The van der Waals surface area contributed by atoms with E-state index < -0.39 is 0 Å². The van der Waals surface area contributed by atoms with Gasteiger partial charge in [0.2, 0.25) is 0 Å². The number of carbonyl (C=O) groups is 2. The molecule has 0 fully saturated rings. The summed E-state index contributed by atoms with van der Waals surface area (Å²) in [5.74, 6) is -0.342. The first-order valence-corrected chi connectivity index (χ1v) is 7.04. The van der Waals surface area contributed by atoms with Gasteiger partial charge in [-0.15, -0.1) is 5.11 Å². The van der Waals surface area contributed by atoms with Crippen LogP contribution in [-0.2, 0) is 0 Å². The molecule has 4 nitrogen and oxygen atoms in total. The molecule has 0 saturated heterocycles. The highest BCUT2D eigenvalue weighted by atomic mass is 16.1. The molecule has 2 aromatic carbocycles. The Bertz CT molecular complexity index is 777. The van der Waals surface area contributed by atoms with E-state index in [4.69, 9.17) is 0 Å². The molecule has 22 heavy (non-hydrogen) atoms. The quantitative estimate of drug-likeness (QED) is 0.580. The van der Waals surface area contributed by atoms with E-state index in [0.717, 1.165) is 16.8 Å². The minimum atomic E-state index is -0.187. The second kappa shape index (κ2) is 6.43. The number of carbonyl (C=O) groups excluding carboxylic acids is 2. The number of benzene rings is 2. The fourth-order valence-corrected chi connectivity index (χ4v) is 2.25. The van der Waals surface area contributed by atoms with Gasteiger partial charge in [0.05, 0.1) is 11.3 Å². The Morgan fingerprint density at radius 3 is 2.09 bits per heavy atom. The van der Waals surface area contributed by atoms with Crippen LogP contribution in [0.5, 0.6) is 0 Å². The van der Waals surface area contributed by atoms with Crippen molar-refractivity contribution in [3.05, 3.63) is 58.7 Å². The molecule has 0 amide bonds. The van der Waals surface area contributed by atoms with Crippen molar-refractivity contribution in [3.63, 3.8) is 0 Å². The lowest BCUT2D eigenvalue weighted by Crippen LogP contribution is -2.05. The summed E-state index contributed by atoms with van der Waals surface area (Å²) in [6.45, 7) is 6.68. The van der Waals surface area contributed by atoms with Crippen LogP contribution in [-0.4, -0.2) is 11.6 Å². The summed E-state index contributed by atoms with van der Waals surface area (Å²) < 4.78 is 0. The van der Waals surface area contributed by atoms with Crippen molar-refractivity contribution >= 4 is 22.9 Å². The van der Waals surface area contributed by atoms with Gasteiger partial charge in [0.1, 0.15) is 5.69 Å². The van der Waals surface area contributed by atoms with Crippen LogP contribution in [0.25, 0.3) is 0 Å². The summed E-state index contributed by atoms with van der Waals surface area (Å²) in [6, 6.07) is 11.1. The molecule has 0 aliphatic rings. The van der Waals surface area contributed by atoms with Crippen LogP contribution in [0.3, 0.4) is 0 Å². The van der Waals surface area contributed by atoms with Crippen LogP contribution in [0.15, 0.2) is 46.6 Å². The zero-order valence-corrected chi connectivity index (χ0v) is 13.2. The highest BCUT2D eigenvalue weighted by Crippen LogP contribution is 2.30. The van der Waals surface area contributed by atoms with Gasteiger partial charge in [-0.25, -0.2) is 0 Å². The van der Waals surface area contributed by atoms with Crippen LogP contribution >= 0.6 is 0 Å². The average molecular weight is 294 g/mol. The molecule has 0 atom stereocenters. The zero-order chi connectivity index (χ0) is 16.3. The molecular weight excluding hydrogens is 276 g/mol. The van der Waals surface area contributed by atoms with E-state index in [1.54, 1.807) is 12.1 Å². The standard InChI is InChI=1S/C18H18N2O2/c1-11-7-5-6-8-16(11)19-20-18-12(2)9-10-15(13(3)21)17(18)14(4)22/h5-10H,1-4H3. The maximum absolute atomic E-state index is 12.0. The first-order chi connectivity index (χ1) is 10.4. The Morgan fingerprint density at radius 2 is 1.50 bits per heavy atom. The normalized spacial score (nSPS) is 10.9. The lowest BCUT2D eigenvalue weighted by molar-refractivity contribution is 0.0981. The first kappa shape index (κ1) is 15.8. The third-order valence-electron chi connectivity index (χ3n) is 3.48. The molecule has 0 heterocycles. The molecule has 0 aliphatic carbocycles. The Labute approximate surface area is 129 Å². The summed E-state index contributed by atoms with van der Waals surface area (Å²) in [5.41, 5.74) is 3.73. The van der Waals surface area contributed by atoms with Gasteiger partial charge in [0.15, 0.2) is 11.6 Å². The van der Waals surface area contributed by atoms with Crippen LogP contribution in [0, 0.1) is 13.8 Å². The van der Waals surface area contributed by atoms with E-state index in [1.165, 1.54) is 13.8 Å². The van der Waals surface area contributed by atoms with Gasteiger partial charge in [0.25, 0.3) is 0 Å². The van der Waals surface area contributed by atoms with Crippen molar-refractivity contribution in [1.82, 2.24) is 0 Å². The van der Waals surface area contributed by atoms with Gasteiger partial charge in [0, 0.05) is 5.56 Å². The van der Waals surface area contributed by atoms with Gasteiger partial charge >= 0.3 is 0 Å². The molecule has 0 unspecified atom stereocenters. The van der Waals surface area contributed by atoms with E-state index >= 15 is 0 Å². The molecule has 0 radical (unpaired) electrons. The summed E-state index contributed by atoms with van der Waals surface area (Å²) in [6.07, 6.45) is 0. The smallest absolute Gasteiger partial charge is 0.162 e. The predicted octanol–water partition coefficient (Wildman–Crippen LogP) is 5.12. The van der Waals surface area contributed by atoms with Gasteiger partial charge in [-0.1, -0.05) is 30.3 Å². The minimum absolute atomic E-state index is 0.155. The van der Waals surface area contributed by atoms with Gasteiger partial charge in [-0.3, -0.25) is 9.59 Å². The maximum Gasteiger partial charge on any atom is 0.162 e. The van der Waals surface area contributed by atoms with Crippen molar-refractivity contribution < 1.29 is 9.59 Å². The molecular formula is C18H18N2O2. The average Bonchev–Trinajstić information content (AvgIpc) is 2.46. The fourth-order valence-electron chi connectivity index (χ4n) is 2.25. The molecule has 2 aromatic rings. The monoisotopic (exact) mass is 294 g/mol. The van der Waals surface area contributed by atoms with E-state index in [-0.39, 0.29) is 11.6 Å². The van der Waals surface area contributed by atoms with Crippen molar-refractivity contribution in [3.8, 4) is 0 Å². The number of rotatable bonds is 4. The van der Waals surface area contributed by atoms with Crippen molar-refractivity contribution in [2.75, 3.05) is 0 Å². The first-order valence-electron chi connectivity index (χ1n) is 7.04. The Morgan fingerprint density at radius 1 is 0.818 bits per heavy atom. The van der Waals surface area contributed by atoms with E-state index in [0.29, 0.717) is 16.8 Å². The topological polar surface area (TPSA) is 58.9 Å². The third kappa shape index (κ3) is 3.17. The minimum Gasteiger partial charge on any atom is -0.294 e. The second-order valence-corrected chi connectivity index (χ2v) is 5.25. The zero-order valence-electron chi connectivity index (χ0n) is 13.2. The summed E-state index contributed by atoms with van der Waals surface area (Å²) in [7, 11) is 0. The van der Waals surface area contributed by atoms with Crippen LogP contribution in [0.4, 0.5) is 11.4 Å². The van der Waals surface area contributed by atoms with Gasteiger partial charge < -0.3 is 0 Å². The highest BCUT2D eigenvalue weighted by molar-refractivity contribution is 6.10. The molecule has 0 aliphatic heterocycles.